The molecule has 1 fully saturated rings. The van der Waals surface area contributed by atoms with Gasteiger partial charge in [-0.2, -0.15) is 0 Å². The summed E-state index contributed by atoms with van der Waals surface area (Å²) in [6, 6.07) is 11.0. The summed E-state index contributed by atoms with van der Waals surface area (Å²) in [6.45, 7) is 5.47. The third kappa shape index (κ3) is 3.85. The first-order valence-corrected chi connectivity index (χ1v) is 8.76. The minimum absolute atomic E-state index is 0.599. The summed E-state index contributed by atoms with van der Waals surface area (Å²) < 4.78 is 0. The monoisotopic (exact) mass is 325 g/mol. The van der Waals surface area contributed by atoms with Crippen LogP contribution in [0.5, 0.6) is 0 Å². The van der Waals surface area contributed by atoms with Crippen LogP contribution in [-0.4, -0.2) is 54.6 Å². The van der Waals surface area contributed by atoms with Gasteiger partial charge in [0.1, 0.15) is 0 Å². The minimum Gasteiger partial charge on any atom is -0.378 e. The number of hydrogen-bond acceptors (Lipinski definition) is 5. The fraction of sp³-hybridized carbons (Fsp3) is 0.474. The maximum Gasteiger partial charge on any atom is 0.223 e. The molecule has 0 aliphatic carbocycles. The molecule has 1 atom stereocenters. The molecule has 1 aromatic carbocycles. The van der Waals surface area contributed by atoms with Crippen molar-refractivity contribution in [2.75, 3.05) is 43.9 Å². The van der Waals surface area contributed by atoms with Gasteiger partial charge < -0.3 is 10.2 Å². The first kappa shape index (κ1) is 16.7. The highest BCUT2D eigenvalue weighted by Crippen LogP contribution is 2.22. The summed E-state index contributed by atoms with van der Waals surface area (Å²) in [7, 11) is 4.09. The number of likely N-dealkylation sites (tertiary alicyclic amines) is 1. The van der Waals surface area contributed by atoms with Gasteiger partial charge in [-0.05, 0) is 44.1 Å². The zero-order chi connectivity index (χ0) is 16.9. The SMILES string of the molecule is CCN1CCC[C@H]1CNc1nccc(-c2ccc(N(C)C)cc2)n1. The number of hydrogen-bond donors (Lipinski definition) is 1. The molecule has 1 aliphatic rings. The van der Waals surface area contributed by atoms with Crippen LogP contribution in [0.3, 0.4) is 0 Å². The number of nitrogens with zero attached hydrogens (tertiary/aromatic N) is 4. The van der Waals surface area contributed by atoms with E-state index in [1.165, 1.54) is 25.1 Å². The summed E-state index contributed by atoms with van der Waals surface area (Å²) in [4.78, 5) is 13.7. The largest absolute Gasteiger partial charge is 0.378 e. The van der Waals surface area contributed by atoms with Gasteiger partial charge in [-0.15, -0.1) is 0 Å². The van der Waals surface area contributed by atoms with Crippen LogP contribution in [0, 0.1) is 0 Å². The lowest BCUT2D eigenvalue weighted by molar-refractivity contribution is 0.277. The second kappa shape index (κ2) is 7.62. The topological polar surface area (TPSA) is 44.3 Å². The lowest BCUT2D eigenvalue weighted by Crippen LogP contribution is -2.34. The predicted octanol–water partition coefficient (Wildman–Crippen LogP) is 3.11. The third-order valence-electron chi connectivity index (χ3n) is 4.74. The summed E-state index contributed by atoms with van der Waals surface area (Å²) in [5.74, 6) is 0.715. The molecule has 1 aliphatic heterocycles. The van der Waals surface area contributed by atoms with Crippen LogP contribution >= 0.6 is 0 Å². The lowest BCUT2D eigenvalue weighted by atomic mass is 10.1. The Bertz CT molecular complexity index is 653. The number of aromatic nitrogens is 2. The highest BCUT2D eigenvalue weighted by atomic mass is 15.2. The van der Waals surface area contributed by atoms with E-state index in [2.05, 4.69) is 56.3 Å². The van der Waals surface area contributed by atoms with Gasteiger partial charge in [-0.25, -0.2) is 9.97 Å². The molecule has 3 rings (SSSR count). The van der Waals surface area contributed by atoms with Gasteiger partial charge in [-0.3, -0.25) is 4.90 Å². The molecule has 24 heavy (non-hydrogen) atoms. The highest BCUT2D eigenvalue weighted by molar-refractivity contribution is 5.63. The zero-order valence-electron chi connectivity index (χ0n) is 14.9. The molecule has 1 N–H and O–H groups in total. The van der Waals surface area contributed by atoms with Crippen LogP contribution < -0.4 is 10.2 Å². The van der Waals surface area contributed by atoms with Crippen molar-refractivity contribution in [3.05, 3.63) is 36.5 Å². The zero-order valence-corrected chi connectivity index (χ0v) is 14.9. The molecule has 0 radical (unpaired) electrons. The van der Waals surface area contributed by atoms with E-state index >= 15 is 0 Å². The Hall–Kier alpha value is -2.14. The van der Waals surface area contributed by atoms with Crippen molar-refractivity contribution in [3.8, 4) is 11.3 Å². The summed E-state index contributed by atoms with van der Waals surface area (Å²) in [6.07, 6.45) is 4.38. The average Bonchev–Trinajstić information content (AvgIpc) is 3.08. The van der Waals surface area contributed by atoms with Crippen LogP contribution in [0.15, 0.2) is 36.5 Å². The molecule has 0 amide bonds. The average molecular weight is 325 g/mol. The smallest absolute Gasteiger partial charge is 0.223 e. The number of benzene rings is 1. The molecule has 5 heteroatoms. The maximum absolute atomic E-state index is 4.67. The van der Waals surface area contributed by atoms with Crippen LogP contribution in [0.4, 0.5) is 11.6 Å². The Balaban J connectivity index is 1.67. The van der Waals surface area contributed by atoms with Crippen molar-refractivity contribution in [3.63, 3.8) is 0 Å². The number of likely N-dealkylation sites (N-methyl/N-ethyl adjacent to an activating group) is 1. The van der Waals surface area contributed by atoms with Crippen LogP contribution in [0.25, 0.3) is 11.3 Å². The van der Waals surface area contributed by atoms with Gasteiger partial charge in [0, 0.05) is 44.1 Å². The van der Waals surface area contributed by atoms with Crippen molar-refractivity contribution in [2.24, 2.45) is 0 Å². The van der Waals surface area contributed by atoms with E-state index in [0.29, 0.717) is 12.0 Å². The van der Waals surface area contributed by atoms with E-state index in [4.69, 9.17) is 0 Å². The molecular formula is C19H27N5. The van der Waals surface area contributed by atoms with E-state index in [1.54, 1.807) is 0 Å². The van der Waals surface area contributed by atoms with Crippen molar-refractivity contribution in [1.82, 2.24) is 14.9 Å². The quantitative estimate of drug-likeness (QED) is 0.884. The standard InChI is InChI=1S/C19H27N5/c1-4-24-13-5-6-17(24)14-21-19-20-12-11-18(22-19)15-7-9-16(10-8-15)23(2)3/h7-12,17H,4-6,13-14H2,1-3H3,(H,20,21,22)/t17-/m0/s1. The van der Waals surface area contributed by atoms with Crippen LogP contribution in [-0.2, 0) is 0 Å². The third-order valence-corrected chi connectivity index (χ3v) is 4.74. The molecule has 0 bridgehead atoms. The summed E-state index contributed by atoms with van der Waals surface area (Å²) in [5.41, 5.74) is 3.26. The van der Waals surface area contributed by atoms with Gasteiger partial charge in [0.2, 0.25) is 5.95 Å². The van der Waals surface area contributed by atoms with E-state index in [-0.39, 0.29) is 0 Å². The van der Waals surface area contributed by atoms with Gasteiger partial charge >= 0.3 is 0 Å². The predicted molar refractivity (Wildman–Crippen MR) is 101 cm³/mol. The molecule has 1 aromatic heterocycles. The van der Waals surface area contributed by atoms with Crippen molar-refractivity contribution < 1.29 is 0 Å². The Morgan fingerprint density at radius 3 is 2.71 bits per heavy atom. The van der Waals surface area contributed by atoms with E-state index in [1.807, 2.05) is 26.4 Å². The lowest BCUT2D eigenvalue weighted by Gasteiger charge is -2.22. The molecule has 0 saturated carbocycles. The van der Waals surface area contributed by atoms with Crippen LogP contribution in [0.2, 0.25) is 0 Å². The van der Waals surface area contributed by atoms with E-state index < -0.39 is 0 Å². The molecule has 2 aromatic rings. The fourth-order valence-electron chi connectivity index (χ4n) is 3.29. The molecule has 0 spiro atoms. The number of rotatable bonds is 6. The molecular weight excluding hydrogens is 298 g/mol. The van der Waals surface area contributed by atoms with Crippen LogP contribution in [0.1, 0.15) is 19.8 Å². The molecule has 128 valence electrons. The molecule has 2 heterocycles. The Labute approximate surface area is 144 Å². The normalized spacial score (nSPS) is 17.9. The van der Waals surface area contributed by atoms with E-state index in [0.717, 1.165) is 24.3 Å². The second-order valence-corrected chi connectivity index (χ2v) is 6.51. The summed E-state index contributed by atoms with van der Waals surface area (Å²) in [5, 5.41) is 3.42. The minimum atomic E-state index is 0.599. The molecule has 5 nitrogen and oxygen atoms in total. The Morgan fingerprint density at radius 2 is 2.00 bits per heavy atom. The first-order valence-electron chi connectivity index (χ1n) is 8.76. The summed E-state index contributed by atoms with van der Waals surface area (Å²) >= 11 is 0. The van der Waals surface area contributed by atoms with Gasteiger partial charge in [0.05, 0.1) is 5.69 Å². The fourth-order valence-corrected chi connectivity index (χ4v) is 3.29. The first-order chi connectivity index (χ1) is 11.7. The highest BCUT2D eigenvalue weighted by Gasteiger charge is 2.22. The maximum atomic E-state index is 4.67. The van der Waals surface area contributed by atoms with Gasteiger partial charge in [0.25, 0.3) is 0 Å². The Morgan fingerprint density at radius 1 is 1.21 bits per heavy atom. The van der Waals surface area contributed by atoms with Crippen molar-refractivity contribution >= 4 is 11.6 Å². The number of anilines is 2. The second-order valence-electron chi connectivity index (χ2n) is 6.51. The Kier molecular flexibility index (Phi) is 5.30. The van der Waals surface area contributed by atoms with Gasteiger partial charge in [0.15, 0.2) is 0 Å². The molecule has 1 saturated heterocycles. The van der Waals surface area contributed by atoms with E-state index in [9.17, 15) is 0 Å². The van der Waals surface area contributed by atoms with Crippen molar-refractivity contribution in [1.29, 1.82) is 0 Å². The van der Waals surface area contributed by atoms with Gasteiger partial charge in [-0.1, -0.05) is 19.1 Å². The number of nitrogens with one attached hydrogen (secondary N) is 1. The molecule has 0 unspecified atom stereocenters. The van der Waals surface area contributed by atoms with Crippen molar-refractivity contribution in [2.45, 2.75) is 25.8 Å².